The lowest BCUT2D eigenvalue weighted by Gasteiger charge is -2.41. The lowest BCUT2D eigenvalue weighted by Crippen LogP contribution is -2.28. The van der Waals surface area contributed by atoms with Crippen LogP contribution < -0.4 is 0 Å². The molecule has 0 saturated carbocycles. The molecule has 3 atom stereocenters. The van der Waals surface area contributed by atoms with Crippen LogP contribution in [0.25, 0.3) is 0 Å². The SMILES string of the molecule is C1=C2C[C@@H](c3ccccc3)O[C@@H](c3ccccc3)[C@@H]2CCC1. The van der Waals surface area contributed by atoms with Crippen molar-refractivity contribution in [1.29, 1.82) is 0 Å². The number of fused-ring (bicyclic) bond motifs is 1. The van der Waals surface area contributed by atoms with Gasteiger partial charge in [0, 0.05) is 5.92 Å². The van der Waals surface area contributed by atoms with E-state index in [0.717, 1.165) is 6.42 Å². The quantitative estimate of drug-likeness (QED) is 0.653. The van der Waals surface area contributed by atoms with Gasteiger partial charge in [-0.15, -0.1) is 0 Å². The monoisotopic (exact) mass is 290 g/mol. The Balaban J connectivity index is 1.69. The molecular weight excluding hydrogens is 268 g/mol. The van der Waals surface area contributed by atoms with Gasteiger partial charge in [0.05, 0.1) is 12.2 Å². The molecule has 0 unspecified atom stereocenters. The first-order valence-electron chi connectivity index (χ1n) is 8.36. The predicted molar refractivity (Wildman–Crippen MR) is 89.5 cm³/mol. The lowest BCUT2D eigenvalue weighted by molar-refractivity contribution is -0.0680. The molecule has 2 aromatic carbocycles. The molecule has 1 heterocycles. The molecule has 1 heteroatoms. The first-order chi connectivity index (χ1) is 10.9. The molecule has 112 valence electrons. The van der Waals surface area contributed by atoms with Gasteiger partial charge in [-0.2, -0.15) is 0 Å². The minimum Gasteiger partial charge on any atom is -0.365 e. The number of benzene rings is 2. The Bertz CT molecular complexity index is 644. The van der Waals surface area contributed by atoms with E-state index in [1.165, 1.54) is 30.4 Å². The first kappa shape index (κ1) is 13.8. The summed E-state index contributed by atoms with van der Waals surface area (Å²) in [5.74, 6) is 0.566. The van der Waals surface area contributed by atoms with Crippen LogP contribution in [0.3, 0.4) is 0 Å². The second kappa shape index (κ2) is 6.10. The van der Waals surface area contributed by atoms with Gasteiger partial charge in [0.15, 0.2) is 0 Å². The number of ether oxygens (including phenoxy) is 1. The molecule has 1 aliphatic carbocycles. The van der Waals surface area contributed by atoms with Gasteiger partial charge >= 0.3 is 0 Å². The van der Waals surface area contributed by atoms with Crippen molar-refractivity contribution in [2.75, 3.05) is 0 Å². The normalized spacial score (nSPS) is 27.8. The molecule has 1 nitrogen and oxygen atoms in total. The highest BCUT2D eigenvalue weighted by Gasteiger charge is 2.36. The van der Waals surface area contributed by atoms with Crippen LogP contribution in [0.4, 0.5) is 0 Å². The summed E-state index contributed by atoms with van der Waals surface area (Å²) in [6, 6.07) is 21.4. The Hall–Kier alpha value is -1.86. The van der Waals surface area contributed by atoms with Crippen LogP contribution in [0.2, 0.25) is 0 Å². The second-order valence-corrected chi connectivity index (χ2v) is 6.39. The van der Waals surface area contributed by atoms with Gasteiger partial charge in [-0.25, -0.2) is 0 Å². The molecule has 2 aliphatic rings. The van der Waals surface area contributed by atoms with Crippen LogP contribution >= 0.6 is 0 Å². The smallest absolute Gasteiger partial charge is 0.0898 e. The van der Waals surface area contributed by atoms with Gasteiger partial charge in [0.2, 0.25) is 0 Å². The second-order valence-electron chi connectivity index (χ2n) is 6.39. The average molecular weight is 290 g/mol. The maximum absolute atomic E-state index is 6.59. The van der Waals surface area contributed by atoms with Crippen molar-refractivity contribution in [3.05, 3.63) is 83.4 Å². The molecule has 1 aliphatic heterocycles. The fourth-order valence-electron chi connectivity index (χ4n) is 3.89. The van der Waals surface area contributed by atoms with Gasteiger partial charge in [-0.1, -0.05) is 72.3 Å². The molecule has 1 saturated heterocycles. The van der Waals surface area contributed by atoms with E-state index in [0.29, 0.717) is 5.92 Å². The summed E-state index contributed by atoms with van der Waals surface area (Å²) in [6.07, 6.45) is 7.69. The van der Waals surface area contributed by atoms with Crippen LogP contribution in [0.5, 0.6) is 0 Å². The molecule has 0 N–H and O–H groups in total. The van der Waals surface area contributed by atoms with Crippen LogP contribution in [0.15, 0.2) is 72.3 Å². The van der Waals surface area contributed by atoms with Gasteiger partial charge < -0.3 is 4.74 Å². The fraction of sp³-hybridized carbons (Fsp3) is 0.333. The fourth-order valence-corrected chi connectivity index (χ4v) is 3.89. The summed E-state index contributed by atoms with van der Waals surface area (Å²) in [7, 11) is 0. The number of hydrogen-bond donors (Lipinski definition) is 0. The van der Waals surface area contributed by atoms with Crippen LogP contribution in [0, 0.1) is 5.92 Å². The molecule has 0 radical (unpaired) electrons. The predicted octanol–water partition coefficient (Wildman–Crippen LogP) is 5.62. The zero-order chi connectivity index (χ0) is 14.8. The molecule has 0 spiro atoms. The summed E-state index contributed by atoms with van der Waals surface area (Å²) in [4.78, 5) is 0. The maximum atomic E-state index is 6.59. The maximum Gasteiger partial charge on any atom is 0.0898 e. The summed E-state index contributed by atoms with van der Waals surface area (Å²) in [5, 5.41) is 0. The topological polar surface area (TPSA) is 9.23 Å². The van der Waals surface area contributed by atoms with E-state index in [1.54, 1.807) is 5.57 Å². The highest BCUT2D eigenvalue weighted by atomic mass is 16.5. The third-order valence-corrected chi connectivity index (χ3v) is 5.00. The van der Waals surface area contributed by atoms with Crippen molar-refractivity contribution < 1.29 is 4.74 Å². The van der Waals surface area contributed by atoms with Gasteiger partial charge in [0.1, 0.15) is 0 Å². The minimum atomic E-state index is 0.187. The third-order valence-electron chi connectivity index (χ3n) is 5.00. The largest absolute Gasteiger partial charge is 0.365 e. The van der Waals surface area contributed by atoms with Crippen molar-refractivity contribution in [2.45, 2.75) is 37.9 Å². The number of allylic oxidation sites excluding steroid dienone is 1. The number of rotatable bonds is 2. The zero-order valence-electron chi connectivity index (χ0n) is 12.8. The molecule has 0 amide bonds. The molecule has 0 aromatic heterocycles. The highest BCUT2D eigenvalue weighted by Crippen LogP contribution is 2.48. The molecule has 2 aromatic rings. The highest BCUT2D eigenvalue weighted by molar-refractivity contribution is 5.28. The zero-order valence-corrected chi connectivity index (χ0v) is 12.8. The van der Waals surface area contributed by atoms with E-state index in [1.807, 2.05) is 0 Å². The van der Waals surface area contributed by atoms with E-state index in [9.17, 15) is 0 Å². The Morgan fingerprint density at radius 1 is 0.818 bits per heavy atom. The lowest BCUT2D eigenvalue weighted by atomic mass is 9.76. The number of hydrogen-bond acceptors (Lipinski definition) is 1. The molecule has 4 rings (SSSR count). The van der Waals surface area contributed by atoms with Crippen LogP contribution in [0.1, 0.15) is 49.0 Å². The first-order valence-corrected chi connectivity index (χ1v) is 8.36. The Kier molecular flexibility index (Phi) is 3.82. The minimum absolute atomic E-state index is 0.187. The van der Waals surface area contributed by atoms with Crippen LogP contribution in [-0.4, -0.2) is 0 Å². The van der Waals surface area contributed by atoms with E-state index < -0.39 is 0 Å². The summed E-state index contributed by atoms with van der Waals surface area (Å²) < 4.78 is 6.59. The third kappa shape index (κ3) is 2.62. The standard InChI is InChI=1S/C21H22O/c1-3-9-16(10-4-1)20-15-18-13-7-8-14-19(18)21(22-20)17-11-5-2-6-12-17/h1-6,9-13,19-21H,7-8,14-15H2/t19-,20+,21+/m1/s1. The van der Waals surface area contributed by atoms with Crippen molar-refractivity contribution in [3.63, 3.8) is 0 Å². The van der Waals surface area contributed by atoms with Crippen molar-refractivity contribution in [2.24, 2.45) is 5.92 Å². The summed E-state index contributed by atoms with van der Waals surface area (Å²) >= 11 is 0. The Morgan fingerprint density at radius 3 is 2.23 bits per heavy atom. The van der Waals surface area contributed by atoms with E-state index >= 15 is 0 Å². The van der Waals surface area contributed by atoms with Gasteiger partial charge in [-0.05, 0) is 36.8 Å². The average Bonchev–Trinajstić information content (AvgIpc) is 2.62. The van der Waals surface area contributed by atoms with Gasteiger partial charge in [0.25, 0.3) is 0 Å². The van der Waals surface area contributed by atoms with Crippen LogP contribution in [-0.2, 0) is 4.74 Å². The Morgan fingerprint density at radius 2 is 1.50 bits per heavy atom. The molecule has 0 bridgehead atoms. The van der Waals surface area contributed by atoms with E-state index in [-0.39, 0.29) is 12.2 Å². The van der Waals surface area contributed by atoms with E-state index in [4.69, 9.17) is 4.74 Å². The van der Waals surface area contributed by atoms with Crippen molar-refractivity contribution in [1.82, 2.24) is 0 Å². The van der Waals surface area contributed by atoms with Gasteiger partial charge in [-0.3, -0.25) is 0 Å². The Labute approximate surface area is 132 Å². The molecule has 22 heavy (non-hydrogen) atoms. The van der Waals surface area contributed by atoms with Crippen molar-refractivity contribution >= 4 is 0 Å². The van der Waals surface area contributed by atoms with E-state index in [2.05, 4.69) is 66.7 Å². The summed E-state index contributed by atoms with van der Waals surface area (Å²) in [5.41, 5.74) is 4.23. The summed E-state index contributed by atoms with van der Waals surface area (Å²) in [6.45, 7) is 0. The van der Waals surface area contributed by atoms with Crippen molar-refractivity contribution in [3.8, 4) is 0 Å². The molecular formula is C21H22O. The molecule has 1 fully saturated rings.